The summed E-state index contributed by atoms with van der Waals surface area (Å²) in [6.45, 7) is 6.38. The van der Waals surface area contributed by atoms with Gasteiger partial charge in [-0.2, -0.15) is 0 Å². The lowest BCUT2D eigenvalue weighted by Crippen LogP contribution is -2.35. The summed E-state index contributed by atoms with van der Waals surface area (Å²) < 4.78 is 38.9. The minimum absolute atomic E-state index is 0.173. The fourth-order valence-corrected chi connectivity index (χ4v) is 6.53. The molecule has 1 spiro atoms. The Balaban J connectivity index is 1.53. The molecule has 3 aliphatic rings. The van der Waals surface area contributed by atoms with Crippen LogP contribution in [-0.2, 0) is 19.3 Å². The molecule has 7 nitrogen and oxygen atoms in total. The number of thiazole rings is 1. The second-order valence-electron chi connectivity index (χ2n) is 7.63. The maximum atomic E-state index is 13.1. The number of allylic oxidation sites excluding steroid dienone is 2. The van der Waals surface area contributed by atoms with Crippen LogP contribution in [0.1, 0.15) is 6.92 Å². The highest BCUT2D eigenvalue weighted by atomic mass is 32.2. The van der Waals surface area contributed by atoms with Gasteiger partial charge in [0.25, 0.3) is 0 Å². The molecule has 1 aromatic heterocycles. The fraction of sp³-hybridized carbons (Fsp3) is 0.273. The molecule has 31 heavy (non-hydrogen) atoms. The van der Waals surface area contributed by atoms with E-state index in [-0.39, 0.29) is 16.8 Å². The summed E-state index contributed by atoms with van der Waals surface area (Å²) in [4.78, 5) is 8.83. The Hall–Kier alpha value is -2.59. The van der Waals surface area contributed by atoms with Gasteiger partial charge < -0.3 is 14.8 Å². The fourth-order valence-electron chi connectivity index (χ4n) is 4.01. The van der Waals surface area contributed by atoms with Crippen molar-refractivity contribution in [1.82, 2.24) is 4.98 Å². The third-order valence-corrected chi connectivity index (χ3v) is 7.98. The number of benzene rings is 1. The zero-order valence-electron chi connectivity index (χ0n) is 16.9. The van der Waals surface area contributed by atoms with E-state index in [9.17, 15) is 8.42 Å². The molecule has 1 fully saturated rings. The number of dihydropyridines is 1. The third-order valence-electron chi connectivity index (χ3n) is 5.41. The highest BCUT2D eigenvalue weighted by Crippen LogP contribution is 2.43. The molecule has 9 heteroatoms. The van der Waals surface area contributed by atoms with Crippen molar-refractivity contribution in [3.05, 3.63) is 70.3 Å². The Morgan fingerprint density at radius 3 is 3.03 bits per heavy atom. The van der Waals surface area contributed by atoms with E-state index in [0.29, 0.717) is 18.7 Å². The Labute approximate surface area is 184 Å². The topological polar surface area (TPSA) is 89.9 Å². The number of hydrogen-bond acceptors (Lipinski definition) is 8. The minimum atomic E-state index is -3.61. The SMILES string of the molecule is C=CC1=C(/C=C2\CN=CC=C2Nc2ccc3scnc3c2)S(=O)(=O)CC12OCC(C)O2. The molecule has 3 aliphatic heterocycles. The smallest absolute Gasteiger partial charge is 0.211 e. The first kappa shape index (κ1) is 20.3. The Morgan fingerprint density at radius 2 is 2.26 bits per heavy atom. The van der Waals surface area contributed by atoms with Crippen LogP contribution >= 0.6 is 11.3 Å². The summed E-state index contributed by atoms with van der Waals surface area (Å²) in [5.41, 5.74) is 5.56. The molecule has 1 aromatic carbocycles. The molecule has 0 bridgehead atoms. The van der Waals surface area contributed by atoms with E-state index >= 15 is 0 Å². The molecule has 1 saturated heterocycles. The van der Waals surface area contributed by atoms with Crippen LogP contribution in [0.15, 0.2) is 75.3 Å². The van der Waals surface area contributed by atoms with Gasteiger partial charge in [-0.1, -0.05) is 12.7 Å². The molecule has 2 unspecified atom stereocenters. The number of ether oxygens (including phenoxy) is 2. The highest BCUT2D eigenvalue weighted by Gasteiger charge is 2.53. The van der Waals surface area contributed by atoms with Crippen molar-refractivity contribution >= 4 is 43.3 Å². The van der Waals surface area contributed by atoms with Crippen molar-refractivity contribution in [3.8, 4) is 0 Å². The first-order chi connectivity index (χ1) is 14.9. The molecule has 5 rings (SSSR count). The van der Waals surface area contributed by atoms with Crippen LogP contribution in [-0.4, -0.2) is 50.4 Å². The minimum Gasteiger partial charge on any atom is -0.355 e. The second-order valence-corrected chi connectivity index (χ2v) is 10.5. The zero-order chi connectivity index (χ0) is 21.6. The van der Waals surface area contributed by atoms with Crippen molar-refractivity contribution in [1.29, 1.82) is 0 Å². The van der Waals surface area contributed by atoms with Gasteiger partial charge in [-0.05, 0) is 42.8 Å². The van der Waals surface area contributed by atoms with Crippen molar-refractivity contribution < 1.29 is 17.9 Å². The number of anilines is 1. The van der Waals surface area contributed by atoms with Crippen molar-refractivity contribution in [3.63, 3.8) is 0 Å². The van der Waals surface area contributed by atoms with Crippen LogP contribution in [0.3, 0.4) is 0 Å². The predicted molar refractivity (Wildman–Crippen MR) is 123 cm³/mol. The van der Waals surface area contributed by atoms with E-state index in [2.05, 4.69) is 21.9 Å². The van der Waals surface area contributed by atoms with E-state index in [1.807, 2.05) is 36.7 Å². The van der Waals surface area contributed by atoms with Gasteiger partial charge in [0, 0.05) is 23.2 Å². The summed E-state index contributed by atoms with van der Waals surface area (Å²) >= 11 is 1.58. The van der Waals surface area contributed by atoms with Crippen molar-refractivity contribution in [2.75, 3.05) is 24.2 Å². The molecular formula is C22H21N3O4S2. The van der Waals surface area contributed by atoms with E-state index < -0.39 is 15.6 Å². The molecule has 0 saturated carbocycles. The van der Waals surface area contributed by atoms with Gasteiger partial charge in [-0.25, -0.2) is 13.4 Å². The molecule has 2 atom stereocenters. The monoisotopic (exact) mass is 455 g/mol. The number of sulfone groups is 1. The van der Waals surface area contributed by atoms with Crippen LogP contribution in [0.25, 0.3) is 10.2 Å². The molecule has 0 aliphatic carbocycles. The van der Waals surface area contributed by atoms with Gasteiger partial charge in [0.15, 0.2) is 9.84 Å². The maximum absolute atomic E-state index is 13.1. The average Bonchev–Trinajstić information content (AvgIpc) is 3.39. The highest BCUT2D eigenvalue weighted by molar-refractivity contribution is 7.95. The van der Waals surface area contributed by atoms with Gasteiger partial charge in [0.2, 0.25) is 5.79 Å². The summed E-state index contributed by atoms with van der Waals surface area (Å²) in [5, 5.41) is 3.38. The van der Waals surface area contributed by atoms with Gasteiger partial charge in [0.05, 0.1) is 39.9 Å². The quantitative estimate of drug-likeness (QED) is 0.758. The molecule has 4 heterocycles. The van der Waals surface area contributed by atoms with Crippen LogP contribution in [0.4, 0.5) is 5.69 Å². The number of rotatable bonds is 4. The Bertz CT molecular complexity index is 1300. The molecule has 0 amide bonds. The molecule has 0 radical (unpaired) electrons. The van der Waals surface area contributed by atoms with Gasteiger partial charge >= 0.3 is 0 Å². The third kappa shape index (κ3) is 3.57. The van der Waals surface area contributed by atoms with E-state index in [4.69, 9.17) is 9.47 Å². The van der Waals surface area contributed by atoms with Crippen molar-refractivity contribution in [2.24, 2.45) is 4.99 Å². The average molecular weight is 456 g/mol. The molecule has 1 N–H and O–H groups in total. The normalized spacial score (nSPS) is 28.6. The van der Waals surface area contributed by atoms with Gasteiger partial charge in [0.1, 0.15) is 5.75 Å². The maximum Gasteiger partial charge on any atom is 0.211 e. The molecule has 2 aromatic rings. The Morgan fingerprint density at radius 1 is 1.39 bits per heavy atom. The number of fused-ring (bicyclic) bond motifs is 1. The van der Waals surface area contributed by atoms with Gasteiger partial charge in [-0.15, -0.1) is 11.3 Å². The van der Waals surface area contributed by atoms with Crippen molar-refractivity contribution in [2.45, 2.75) is 18.8 Å². The first-order valence-corrected chi connectivity index (χ1v) is 12.4. The summed E-state index contributed by atoms with van der Waals surface area (Å²) in [6, 6.07) is 5.95. The number of aliphatic imine (C=N–C) groups is 1. The standard InChI is InChI=1S/C22H21N3O4S2/c1-3-17-21(31(26,27)12-22(17)28-11-14(2)29-22)8-15-10-23-7-6-18(15)25-16-4-5-20-19(9-16)24-13-30-20/h3-9,13-14,25H,1,10-12H2,2H3/b15-8+. The van der Waals surface area contributed by atoms with Crippen LogP contribution < -0.4 is 5.32 Å². The zero-order valence-corrected chi connectivity index (χ0v) is 18.5. The lowest BCUT2D eigenvalue weighted by Gasteiger charge is -2.22. The number of hydrogen-bond donors (Lipinski definition) is 1. The number of nitrogens with zero attached hydrogens (tertiary/aromatic N) is 2. The van der Waals surface area contributed by atoms with E-state index in [0.717, 1.165) is 27.2 Å². The summed E-state index contributed by atoms with van der Waals surface area (Å²) in [7, 11) is -3.61. The summed E-state index contributed by atoms with van der Waals surface area (Å²) in [5.74, 6) is -1.53. The summed E-state index contributed by atoms with van der Waals surface area (Å²) in [6.07, 6.45) is 6.53. The number of nitrogens with one attached hydrogen (secondary N) is 1. The van der Waals surface area contributed by atoms with Crippen LogP contribution in [0, 0.1) is 0 Å². The largest absolute Gasteiger partial charge is 0.355 e. The van der Waals surface area contributed by atoms with E-state index in [1.165, 1.54) is 6.08 Å². The molecule has 160 valence electrons. The van der Waals surface area contributed by atoms with Crippen LogP contribution in [0.5, 0.6) is 0 Å². The number of aromatic nitrogens is 1. The lowest BCUT2D eigenvalue weighted by atomic mass is 10.0. The predicted octanol–water partition coefficient (Wildman–Crippen LogP) is 3.60. The van der Waals surface area contributed by atoms with Crippen LogP contribution in [0.2, 0.25) is 0 Å². The Kier molecular flexibility index (Phi) is 4.93. The molecular weight excluding hydrogens is 434 g/mol. The lowest BCUT2D eigenvalue weighted by molar-refractivity contribution is -0.113. The van der Waals surface area contributed by atoms with Gasteiger partial charge in [-0.3, -0.25) is 4.99 Å². The van der Waals surface area contributed by atoms with E-state index in [1.54, 1.807) is 23.6 Å². The first-order valence-electron chi connectivity index (χ1n) is 9.83. The second kappa shape index (κ2) is 7.52.